The zero-order valence-corrected chi connectivity index (χ0v) is 22.8. The molecule has 1 aromatic rings. The van der Waals surface area contributed by atoms with Gasteiger partial charge in [-0.3, -0.25) is 19.2 Å². The summed E-state index contributed by atoms with van der Waals surface area (Å²) in [6, 6.07) is 7.42. The molecule has 6 atom stereocenters. The van der Waals surface area contributed by atoms with Crippen molar-refractivity contribution in [2.45, 2.75) is 77.3 Å². The van der Waals surface area contributed by atoms with Gasteiger partial charge in [-0.2, -0.15) is 0 Å². The Morgan fingerprint density at radius 2 is 1.32 bits per heavy atom. The van der Waals surface area contributed by atoms with Crippen LogP contribution in [0.15, 0.2) is 30.3 Å². The van der Waals surface area contributed by atoms with Crippen LogP contribution in [0.3, 0.4) is 0 Å². The third kappa shape index (κ3) is 10.2. The first-order valence-corrected chi connectivity index (χ1v) is 12.3. The van der Waals surface area contributed by atoms with Crippen molar-refractivity contribution in [1.82, 2.24) is 5.32 Å². The highest BCUT2D eigenvalue weighted by atomic mass is 16.7. The van der Waals surface area contributed by atoms with E-state index in [0.717, 1.165) is 34.8 Å². The van der Waals surface area contributed by atoms with Gasteiger partial charge in [0.15, 0.2) is 18.3 Å². The Labute approximate surface area is 230 Å². The number of benzene rings is 1. The standard InChI is InChI=1S/C26H33NO13/c1-14(28)35-13-21-23(38-16(3)30)24(39-17(4)31)22(37-15(2)29)20(40-21)11-19(25(32)34-5)27-26(33)36-12-18-9-7-6-8-10-18/h6-10,19-24H,11-13H2,1-5H3,(H,27,33)/t19?,20-,21-,22+,23-,24-/m1/s1. The monoisotopic (exact) mass is 567 g/mol. The van der Waals surface area contributed by atoms with Crippen LogP contribution >= 0.6 is 0 Å². The molecule has 1 aliphatic rings. The fourth-order valence-corrected chi connectivity index (χ4v) is 4.00. The number of esters is 5. The molecule has 0 bridgehead atoms. The molecule has 0 saturated carbocycles. The molecule has 1 aliphatic heterocycles. The van der Waals surface area contributed by atoms with Gasteiger partial charge in [0.2, 0.25) is 0 Å². The average molecular weight is 568 g/mol. The fourth-order valence-electron chi connectivity index (χ4n) is 4.00. The van der Waals surface area contributed by atoms with Crippen molar-refractivity contribution in [2.75, 3.05) is 13.7 Å². The lowest BCUT2D eigenvalue weighted by Gasteiger charge is -2.45. The van der Waals surface area contributed by atoms with Crippen LogP contribution in [0, 0.1) is 0 Å². The molecule has 14 heteroatoms. The van der Waals surface area contributed by atoms with Gasteiger partial charge in [0.1, 0.15) is 31.5 Å². The van der Waals surface area contributed by atoms with E-state index in [2.05, 4.69) is 5.32 Å². The SMILES string of the molecule is COC(=O)C(C[C@H]1O[C@H](COC(C)=O)[C@@H](OC(C)=O)[C@H](OC(C)=O)[C@H]1OC(C)=O)NC(=O)OCc1ccccc1. The molecule has 1 amide bonds. The van der Waals surface area contributed by atoms with Gasteiger partial charge in [-0.1, -0.05) is 30.3 Å². The summed E-state index contributed by atoms with van der Waals surface area (Å²) in [4.78, 5) is 72.5. The first kappa shape index (κ1) is 32.0. The van der Waals surface area contributed by atoms with Gasteiger partial charge >= 0.3 is 35.9 Å². The molecule has 1 N–H and O–H groups in total. The Bertz CT molecular complexity index is 1060. The van der Waals surface area contributed by atoms with Gasteiger partial charge in [0.25, 0.3) is 0 Å². The molecule has 220 valence electrons. The van der Waals surface area contributed by atoms with Gasteiger partial charge in [-0.05, 0) is 5.56 Å². The first-order chi connectivity index (χ1) is 18.9. The van der Waals surface area contributed by atoms with E-state index in [4.69, 9.17) is 33.2 Å². The normalized spacial score (nSPS) is 22.6. The number of hydrogen-bond donors (Lipinski definition) is 1. The molecule has 1 unspecified atom stereocenters. The van der Waals surface area contributed by atoms with Crippen molar-refractivity contribution in [1.29, 1.82) is 0 Å². The quantitative estimate of drug-likeness (QED) is 0.296. The molecular weight excluding hydrogens is 534 g/mol. The highest BCUT2D eigenvalue weighted by molar-refractivity contribution is 5.81. The predicted molar refractivity (Wildman–Crippen MR) is 132 cm³/mol. The molecule has 0 aliphatic carbocycles. The maximum atomic E-state index is 12.6. The third-order valence-corrected chi connectivity index (χ3v) is 5.55. The summed E-state index contributed by atoms with van der Waals surface area (Å²) in [5, 5.41) is 2.39. The van der Waals surface area contributed by atoms with E-state index in [-0.39, 0.29) is 13.0 Å². The lowest BCUT2D eigenvalue weighted by atomic mass is 9.90. The van der Waals surface area contributed by atoms with E-state index in [1.54, 1.807) is 30.3 Å². The van der Waals surface area contributed by atoms with Crippen molar-refractivity contribution in [3.8, 4) is 0 Å². The van der Waals surface area contributed by atoms with E-state index in [1.807, 2.05) is 0 Å². The van der Waals surface area contributed by atoms with Crippen LogP contribution in [0.4, 0.5) is 4.79 Å². The minimum absolute atomic E-state index is 0.0837. The first-order valence-electron chi connectivity index (χ1n) is 12.3. The predicted octanol–water partition coefficient (Wildman–Crippen LogP) is 0.970. The van der Waals surface area contributed by atoms with Crippen LogP contribution in [-0.2, 0) is 63.7 Å². The Hall–Kier alpha value is -4.20. The molecule has 40 heavy (non-hydrogen) atoms. The second-order valence-corrected chi connectivity index (χ2v) is 8.76. The van der Waals surface area contributed by atoms with E-state index in [1.165, 1.54) is 0 Å². The van der Waals surface area contributed by atoms with Crippen LogP contribution in [0.1, 0.15) is 39.7 Å². The second kappa shape index (κ2) is 15.4. The number of hydrogen-bond acceptors (Lipinski definition) is 13. The van der Waals surface area contributed by atoms with E-state index >= 15 is 0 Å². The van der Waals surface area contributed by atoms with Gasteiger partial charge in [-0.15, -0.1) is 0 Å². The Balaban J connectivity index is 2.36. The topological polar surface area (TPSA) is 179 Å². The summed E-state index contributed by atoms with van der Waals surface area (Å²) in [7, 11) is 1.10. The van der Waals surface area contributed by atoms with Gasteiger partial charge in [0, 0.05) is 34.1 Å². The Morgan fingerprint density at radius 3 is 1.85 bits per heavy atom. The largest absolute Gasteiger partial charge is 0.467 e. The number of rotatable bonds is 11. The lowest BCUT2D eigenvalue weighted by Crippen LogP contribution is -2.63. The summed E-state index contributed by atoms with van der Waals surface area (Å²) in [5.74, 6) is -3.96. The summed E-state index contributed by atoms with van der Waals surface area (Å²) in [6.45, 7) is 3.89. The molecule has 0 aromatic heterocycles. The van der Waals surface area contributed by atoms with E-state index in [9.17, 15) is 28.8 Å². The van der Waals surface area contributed by atoms with Gasteiger partial charge in [-0.25, -0.2) is 9.59 Å². The zero-order valence-electron chi connectivity index (χ0n) is 22.8. The Kier molecular flexibility index (Phi) is 12.3. The van der Waals surface area contributed by atoms with Crippen LogP contribution in [0.2, 0.25) is 0 Å². The molecule has 14 nitrogen and oxygen atoms in total. The molecule has 1 heterocycles. The number of carbonyl (C=O) groups excluding carboxylic acids is 6. The van der Waals surface area contributed by atoms with Crippen molar-refractivity contribution in [3.05, 3.63) is 35.9 Å². The summed E-state index contributed by atoms with van der Waals surface area (Å²) in [6.07, 6.45) is -7.98. The Morgan fingerprint density at radius 1 is 0.775 bits per heavy atom. The number of methoxy groups -OCH3 is 1. The van der Waals surface area contributed by atoms with Crippen LogP contribution in [0.5, 0.6) is 0 Å². The smallest absolute Gasteiger partial charge is 0.408 e. The zero-order chi connectivity index (χ0) is 29.8. The third-order valence-electron chi connectivity index (χ3n) is 5.55. The van der Waals surface area contributed by atoms with Crippen molar-refractivity contribution in [2.24, 2.45) is 0 Å². The van der Waals surface area contributed by atoms with Crippen molar-refractivity contribution < 1.29 is 61.9 Å². The highest BCUT2D eigenvalue weighted by Crippen LogP contribution is 2.31. The number of nitrogens with one attached hydrogen (secondary N) is 1. The number of ether oxygens (including phenoxy) is 7. The summed E-state index contributed by atoms with van der Waals surface area (Å²) < 4.78 is 37.1. The minimum atomic E-state index is -1.42. The second-order valence-electron chi connectivity index (χ2n) is 8.76. The molecule has 1 fully saturated rings. The molecule has 2 rings (SSSR count). The maximum absolute atomic E-state index is 12.6. The minimum Gasteiger partial charge on any atom is -0.467 e. The van der Waals surface area contributed by atoms with Crippen LogP contribution in [-0.4, -0.2) is 86.2 Å². The summed E-state index contributed by atoms with van der Waals surface area (Å²) >= 11 is 0. The average Bonchev–Trinajstić information content (AvgIpc) is 2.88. The number of carbonyl (C=O) groups is 6. The molecule has 1 aromatic carbocycles. The lowest BCUT2D eigenvalue weighted by molar-refractivity contribution is -0.254. The van der Waals surface area contributed by atoms with Gasteiger partial charge in [0.05, 0.1) is 7.11 Å². The molecular formula is C26H33NO13. The van der Waals surface area contributed by atoms with E-state index < -0.39 is 79.1 Å². The summed E-state index contributed by atoms with van der Waals surface area (Å²) in [5.41, 5.74) is 0.701. The van der Waals surface area contributed by atoms with Crippen LogP contribution in [0.25, 0.3) is 0 Å². The number of amides is 1. The van der Waals surface area contributed by atoms with Gasteiger partial charge < -0.3 is 38.5 Å². The number of alkyl carbamates (subject to hydrolysis) is 1. The highest BCUT2D eigenvalue weighted by Gasteiger charge is 2.53. The van der Waals surface area contributed by atoms with Crippen molar-refractivity contribution in [3.63, 3.8) is 0 Å². The molecule has 1 saturated heterocycles. The molecule has 0 spiro atoms. The van der Waals surface area contributed by atoms with E-state index in [0.29, 0.717) is 5.56 Å². The van der Waals surface area contributed by atoms with Crippen LogP contribution < -0.4 is 5.32 Å². The maximum Gasteiger partial charge on any atom is 0.408 e. The molecule has 0 radical (unpaired) electrons. The van der Waals surface area contributed by atoms with Crippen molar-refractivity contribution >= 4 is 35.9 Å². The fraction of sp³-hybridized carbons (Fsp3) is 0.538.